The molecule has 1 heterocycles. The molecule has 1 saturated heterocycles. The molecular formula is C17H28N2O2. The first-order valence-electron chi connectivity index (χ1n) is 8.57. The Morgan fingerprint density at radius 3 is 2.29 bits per heavy atom. The predicted molar refractivity (Wildman–Crippen MR) is 81.6 cm³/mol. The standard InChI is InChI=1S/C17H28N2O2/c1-11(2)14-15(20)18-13(12-7-8-12)16(21)19(14)17(3)9-5-4-6-10-17/h11-14H,4-10H2,1-3H3,(H,18,20). The maximum atomic E-state index is 13.1. The Balaban J connectivity index is 1.93. The van der Waals surface area contributed by atoms with Crippen LogP contribution < -0.4 is 5.32 Å². The van der Waals surface area contributed by atoms with Gasteiger partial charge in [-0.2, -0.15) is 0 Å². The average molecular weight is 292 g/mol. The van der Waals surface area contributed by atoms with Crippen molar-refractivity contribution in [2.75, 3.05) is 0 Å². The fourth-order valence-electron chi connectivity index (χ4n) is 4.21. The van der Waals surface area contributed by atoms with Crippen LogP contribution in [0, 0.1) is 11.8 Å². The van der Waals surface area contributed by atoms with Crippen LogP contribution in [0.1, 0.15) is 65.7 Å². The van der Waals surface area contributed by atoms with Crippen molar-refractivity contribution in [1.82, 2.24) is 10.2 Å². The Hall–Kier alpha value is -1.06. The van der Waals surface area contributed by atoms with Gasteiger partial charge in [-0.3, -0.25) is 9.59 Å². The molecule has 0 radical (unpaired) electrons. The molecule has 2 amide bonds. The molecule has 21 heavy (non-hydrogen) atoms. The summed E-state index contributed by atoms with van der Waals surface area (Å²) >= 11 is 0. The second kappa shape index (κ2) is 5.29. The molecule has 1 N–H and O–H groups in total. The zero-order valence-corrected chi connectivity index (χ0v) is 13.5. The number of piperazine rings is 1. The van der Waals surface area contributed by atoms with Crippen LogP contribution in [0.2, 0.25) is 0 Å². The van der Waals surface area contributed by atoms with E-state index < -0.39 is 0 Å². The van der Waals surface area contributed by atoms with Gasteiger partial charge in [0, 0.05) is 5.54 Å². The Bertz CT molecular complexity index is 436. The smallest absolute Gasteiger partial charge is 0.246 e. The van der Waals surface area contributed by atoms with Gasteiger partial charge in [0.1, 0.15) is 12.1 Å². The zero-order chi connectivity index (χ0) is 15.2. The van der Waals surface area contributed by atoms with E-state index in [-0.39, 0.29) is 35.4 Å². The first-order valence-corrected chi connectivity index (χ1v) is 8.57. The third-order valence-electron chi connectivity index (χ3n) is 5.59. The minimum absolute atomic E-state index is 0.0632. The number of amides is 2. The van der Waals surface area contributed by atoms with Crippen molar-refractivity contribution in [2.24, 2.45) is 11.8 Å². The molecule has 3 fully saturated rings. The van der Waals surface area contributed by atoms with Crippen molar-refractivity contribution < 1.29 is 9.59 Å². The zero-order valence-electron chi connectivity index (χ0n) is 13.5. The number of nitrogens with one attached hydrogen (secondary N) is 1. The topological polar surface area (TPSA) is 49.4 Å². The predicted octanol–water partition coefficient (Wildman–Crippen LogP) is 2.47. The lowest BCUT2D eigenvalue weighted by Crippen LogP contribution is -2.70. The van der Waals surface area contributed by atoms with Gasteiger partial charge in [-0.1, -0.05) is 33.1 Å². The van der Waals surface area contributed by atoms with Gasteiger partial charge in [0.05, 0.1) is 0 Å². The molecule has 2 saturated carbocycles. The van der Waals surface area contributed by atoms with E-state index in [9.17, 15) is 9.59 Å². The maximum Gasteiger partial charge on any atom is 0.246 e. The van der Waals surface area contributed by atoms with Gasteiger partial charge in [-0.05, 0) is 44.4 Å². The maximum absolute atomic E-state index is 13.1. The highest BCUT2D eigenvalue weighted by molar-refractivity contribution is 5.98. The molecule has 0 spiro atoms. The van der Waals surface area contributed by atoms with Crippen LogP contribution in [0.5, 0.6) is 0 Å². The summed E-state index contributed by atoms with van der Waals surface area (Å²) in [6.45, 7) is 6.30. The molecule has 2 unspecified atom stereocenters. The number of hydrogen-bond donors (Lipinski definition) is 1. The highest BCUT2D eigenvalue weighted by Crippen LogP contribution is 2.41. The van der Waals surface area contributed by atoms with Gasteiger partial charge in [-0.25, -0.2) is 0 Å². The number of carbonyl (C=O) groups excluding carboxylic acids is 2. The van der Waals surface area contributed by atoms with E-state index in [0.717, 1.165) is 25.7 Å². The lowest BCUT2D eigenvalue weighted by Gasteiger charge is -2.52. The average Bonchev–Trinajstić information content (AvgIpc) is 3.25. The first kappa shape index (κ1) is 14.9. The minimum atomic E-state index is -0.296. The van der Waals surface area contributed by atoms with Crippen LogP contribution >= 0.6 is 0 Å². The van der Waals surface area contributed by atoms with Crippen LogP contribution in [0.15, 0.2) is 0 Å². The second-order valence-electron chi connectivity index (χ2n) is 7.78. The molecule has 0 aromatic carbocycles. The lowest BCUT2D eigenvalue weighted by atomic mass is 9.78. The van der Waals surface area contributed by atoms with Gasteiger partial charge in [0.15, 0.2) is 0 Å². The third kappa shape index (κ3) is 2.58. The molecule has 4 heteroatoms. The molecular weight excluding hydrogens is 264 g/mol. The van der Waals surface area contributed by atoms with Crippen LogP contribution in [0.25, 0.3) is 0 Å². The molecule has 0 aromatic rings. The Morgan fingerprint density at radius 2 is 1.76 bits per heavy atom. The fourth-order valence-corrected chi connectivity index (χ4v) is 4.21. The summed E-state index contributed by atoms with van der Waals surface area (Å²) in [7, 11) is 0. The van der Waals surface area contributed by atoms with Crippen LogP contribution in [0.3, 0.4) is 0 Å². The first-order chi connectivity index (χ1) is 9.94. The molecule has 0 aromatic heterocycles. The lowest BCUT2D eigenvalue weighted by molar-refractivity contribution is -0.161. The van der Waals surface area contributed by atoms with E-state index in [4.69, 9.17) is 0 Å². The Labute approximate surface area is 127 Å². The summed E-state index contributed by atoms with van der Waals surface area (Å²) < 4.78 is 0. The number of hydrogen-bond acceptors (Lipinski definition) is 2. The van der Waals surface area contributed by atoms with E-state index in [1.165, 1.54) is 19.3 Å². The van der Waals surface area contributed by atoms with Gasteiger partial charge < -0.3 is 10.2 Å². The van der Waals surface area contributed by atoms with Crippen molar-refractivity contribution in [3.05, 3.63) is 0 Å². The molecule has 2 aliphatic carbocycles. The SMILES string of the molecule is CC(C)C1C(=O)NC(C2CC2)C(=O)N1C1(C)CCCCC1. The van der Waals surface area contributed by atoms with E-state index in [1.54, 1.807) is 0 Å². The van der Waals surface area contributed by atoms with Crippen molar-refractivity contribution in [2.45, 2.75) is 83.3 Å². The van der Waals surface area contributed by atoms with Crippen LogP contribution in [0.4, 0.5) is 0 Å². The summed E-state index contributed by atoms with van der Waals surface area (Å²) in [5.74, 6) is 0.783. The van der Waals surface area contributed by atoms with Crippen molar-refractivity contribution in [1.29, 1.82) is 0 Å². The summed E-state index contributed by atoms with van der Waals surface area (Å²) in [6, 6.07) is -0.554. The summed E-state index contributed by atoms with van der Waals surface area (Å²) in [4.78, 5) is 27.7. The molecule has 2 atom stereocenters. The third-order valence-corrected chi connectivity index (χ3v) is 5.59. The molecule has 4 nitrogen and oxygen atoms in total. The number of carbonyl (C=O) groups is 2. The monoisotopic (exact) mass is 292 g/mol. The highest BCUT2D eigenvalue weighted by Gasteiger charge is 2.52. The molecule has 1 aliphatic heterocycles. The van der Waals surface area contributed by atoms with E-state index in [1.807, 2.05) is 18.7 Å². The summed E-state index contributed by atoms with van der Waals surface area (Å²) in [5, 5.41) is 3.02. The number of nitrogens with zero attached hydrogens (tertiary/aromatic N) is 1. The molecule has 3 aliphatic rings. The largest absolute Gasteiger partial charge is 0.342 e. The quantitative estimate of drug-likeness (QED) is 0.868. The van der Waals surface area contributed by atoms with Gasteiger partial charge in [-0.15, -0.1) is 0 Å². The number of rotatable bonds is 3. The molecule has 3 rings (SSSR count). The van der Waals surface area contributed by atoms with Gasteiger partial charge in [0.25, 0.3) is 0 Å². The van der Waals surface area contributed by atoms with Crippen LogP contribution in [-0.4, -0.2) is 34.3 Å². The normalized spacial score (nSPS) is 33.2. The van der Waals surface area contributed by atoms with Gasteiger partial charge in [0.2, 0.25) is 11.8 Å². The fraction of sp³-hybridized carbons (Fsp3) is 0.882. The van der Waals surface area contributed by atoms with E-state index >= 15 is 0 Å². The van der Waals surface area contributed by atoms with E-state index in [2.05, 4.69) is 12.2 Å². The second-order valence-corrected chi connectivity index (χ2v) is 7.78. The van der Waals surface area contributed by atoms with Crippen molar-refractivity contribution in [3.8, 4) is 0 Å². The molecule has 0 bridgehead atoms. The Morgan fingerprint density at radius 1 is 1.14 bits per heavy atom. The summed E-state index contributed by atoms with van der Waals surface area (Å²) in [5.41, 5.74) is -0.130. The van der Waals surface area contributed by atoms with Crippen molar-refractivity contribution >= 4 is 11.8 Å². The van der Waals surface area contributed by atoms with Gasteiger partial charge >= 0.3 is 0 Å². The highest BCUT2D eigenvalue weighted by atomic mass is 16.2. The summed E-state index contributed by atoms with van der Waals surface area (Å²) in [6.07, 6.45) is 7.81. The van der Waals surface area contributed by atoms with Crippen LogP contribution in [-0.2, 0) is 9.59 Å². The van der Waals surface area contributed by atoms with Crippen molar-refractivity contribution in [3.63, 3.8) is 0 Å². The Kier molecular flexibility index (Phi) is 3.74. The minimum Gasteiger partial charge on any atom is -0.342 e. The van der Waals surface area contributed by atoms with E-state index in [0.29, 0.717) is 5.92 Å². The molecule has 118 valence electrons.